The molecular formula is C31H30N6O3. The number of hydrogen-bond donors (Lipinski definition) is 0. The first-order chi connectivity index (χ1) is 19.6. The second kappa shape index (κ2) is 9.89. The van der Waals surface area contributed by atoms with Crippen molar-refractivity contribution in [3.8, 4) is 5.75 Å². The molecule has 4 aromatic rings. The monoisotopic (exact) mass is 534 g/mol. The van der Waals surface area contributed by atoms with E-state index in [-0.39, 0.29) is 11.8 Å². The van der Waals surface area contributed by atoms with E-state index in [1.165, 1.54) is 0 Å². The molecule has 1 spiro atoms. The van der Waals surface area contributed by atoms with Crippen LogP contribution in [0.2, 0.25) is 0 Å². The molecule has 5 heterocycles. The van der Waals surface area contributed by atoms with Crippen molar-refractivity contribution < 1.29 is 14.3 Å². The molecule has 7 rings (SSSR count). The fraction of sp³-hybridized carbons (Fsp3) is 0.323. The molecule has 0 N–H and O–H groups in total. The predicted molar refractivity (Wildman–Crippen MR) is 148 cm³/mol. The molecular weight excluding hydrogens is 504 g/mol. The van der Waals surface area contributed by atoms with Crippen LogP contribution in [0.5, 0.6) is 5.75 Å². The largest absolute Gasteiger partial charge is 0.494 e. The first kappa shape index (κ1) is 24.5. The van der Waals surface area contributed by atoms with E-state index in [1.54, 1.807) is 17.1 Å². The van der Waals surface area contributed by atoms with Crippen LogP contribution in [0.1, 0.15) is 47.7 Å². The summed E-state index contributed by atoms with van der Waals surface area (Å²) in [6, 6.07) is 19.3. The summed E-state index contributed by atoms with van der Waals surface area (Å²) in [5, 5.41) is 8.64. The SMILES string of the molecule is O=C(CCc1cccnc1)N1CC[C@@]23C(=O)N(Cc4cn(nn4)CCCOc4cccc(c4)[C@H]12)c1ccccc13. The Morgan fingerprint density at radius 3 is 2.90 bits per heavy atom. The number of carbonyl (C=O) groups is 2. The van der Waals surface area contributed by atoms with E-state index in [1.807, 2.05) is 76.7 Å². The lowest BCUT2D eigenvalue weighted by molar-refractivity contribution is -0.133. The second-order valence-corrected chi connectivity index (χ2v) is 10.7. The zero-order valence-corrected chi connectivity index (χ0v) is 22.1. The summed E-state index contributed by atoms with van der Waals surface area (Å²) >= 11 is 0. The normalized spacial score (nSPS) is 21.7. The third-order valence-electron chi connectivity index (χ3n) is 8.38. The lowest BCUT2D eigenvalue weighted by atomic mass is 9.72. The van der Waals surface area contributed by atoms with Crippen LogP contribution in [-0.2, 0) is 34.5 Å². The highest BCUT2D eigenvalue weighted by atomic mass is 16.5. The van der Waals surface area contributed by atoms with Crippen molar-refractivity contribution in [2.75, 3.05) is 18.1 Å². The van der Waals surface area contributed by atoms with Gasteiger partial charge in [0, 0.05) is 44.0 Å². The van der Waals surface area contributed by atoms with Crippen LogP contribution in [0.25, 0.3) is 0 Å². The number of anilines is 1. The lowest BCUT2D eigenvalue weighted by Crippen LogP contribution is -2.45. The van der Waals surface area contributed by atoms with Gasteiger partial charge in [0.05, 0.1) is 25.4 Å². The Kier molecular flexibility index (Phi) is 6.06. The number of fused-ring (bicyclic) bond motifs is 8. The zero-order chi connectivity index (χ0) is 27.1. The fourth-order valence-corrected chi connectivity index (χ4v) is 6.59. The van der Waals surface area contributed by atoms with Gasteiger partial charge in [0.15, 0.2) is 0 Å². The number of amides is 2. The summed E-state index contributed by atoms with van der Waals surface area (Å²) in [4.78, 5) is 36.5. The number of likely N-dealkylation sites (tertiary alicyclic amines) is 1. The van der Waals surface area contributed by atoms with E-state index in [4.69, 9.17) is 4.74 Å². The summed E-state index contributed by atoms with van der Waals surface area (Å²) in [7, 11) is 0. The van der Waals surface area contributed by atoms with Gasteiger partial charge in [-0.15, -0.1) is 5.10 Å². The number of hydrogen-bond acceptors (Lipinski definition) is 6. The molecule has 1 saturated heterocycles. The van der Waals surface area contributed by atoms with Gasteiger partial charge in [-0.3, -0.25) is 19.3 Å². The first-order valence-electron chi connectivity index (χ1n) is 13.8. The Bertz CT molecular complexity index is 1570. The van der Waals surface area contributed by atoms with Gasteiger partial charge in [0.25, 0.3) is 0 Å². The number of aryl methyl sites for hydroxylation is 2. The van der Waals surface area contributed by atoms with Gasteiger partial charge in [-0.2, -0.15) is 0 Å². The molecule has 2 aromatic heterocycles. The van der Waals surface area contributed by atoms with E-state index in [9.17, 15) is 9.59 Å². The smallest absolute Gasteiger partial charge is 0.240 e. The molecule has 0 radical (unpaired) electrons. The van der Waals surface area contributed by atoms with Gasteiger partial charge in [-0.1, -0.05) is 41.6 Å². The summed E-state index contributed by atoms with van der Waals surface area (Å²) in [6.45, 7) is 2.01. The molecule has 9 heteroatoms. The molecule has 202 valence electrons. The van der Waals surface area contributed by atoms with Crippen molar-refractivity contribution in [2.45, 2.75) is 50.2 Å². The Morgan fingerprint density at radius 1 is 1.07 bits per heavy atom. The Hall–Kier alpha value is -4.53. The van der Waals surface area contributed by atoms with Crippen LogP contribution in [0.3, 0.4) is 0 Å². The zero-order valence-electron chi connectivity index (χ0n) is 22.1. The molecule has 1 fully saturated rings. The second-order valence-electron chi connectivity index (χ2n) is 10.7. The number of aromatic nitrogens is 4. The summed E-state index contributed by atoms with van der Waals surface area (Å²) in [6.07, 6.45) is 7.69. The number of carbonyl (C=O) groups excluding carboxylic acids is 2. The minimum Gasteiger partial charge on any atom is -0.494 e. The summed E-state index contributed by atoms with van der Waals surface area (Å²) < 4.78 is 7.93. The van der Waals surface area contributed by atoms with Crippen LogP contribution in [0, 0.1) is 0 Å². The number of para-hydroxylation sites is 1. The number of ether oxygens (including phenoxy) is 1. The highest BCUT2D eigenvalue weighted by molar-refractivity contribution is 6.09. The van der Waals surface area contributed by atoms with Gasteiger partial charge in [0.1, 0.15) is 16.9 Å². The molecule has 3 aliphatic rings. The first-order valence-corrected chi connectivity index (χ1v) is 13.8. The topological polar surface area (TPSA) is 93.5 Å². The van der Waals surface area contributed by atoms with Gasteiger partial charge >= 0.3 is 0 Å². The Balaban J connectivity index is 1.33. The number of nitrogens with zero attached hydrogens (tertiary/aromatic N) is 6. The van der Waals surface area contributed by atoms with E-state index >= 15 is 0 Å². The van der Waals surface area contributed by atoms with Crippen LogP contribution >= 0.6 is 0 Å². The maximum absolute atomic E-state index is 14.7. The van der Waals surface area contributed by atoms with Crippen molar-refractivity contribution in [1.82, 2.24) is 24.9 Å². The minimum atomic E-state index is -0.907. The third-order valence-corrected chi connectivity index (χ3v) is 8.38. The van der Waals surface area contributed by atoms with Crippen molar-refractivity contribution in [1.29, 1.82) is 0 Å². The van der Waals surface area contributed by atoms with E-state index in [0.29, 0.717) is 45.5 Å². The fourth-order valence-electron chi connectivity index (χ4n) is 6.59. The Morgan fingerprint density at radius 2 is 2.00 bits per heavy atom. The maximum atomic E-state index is 14.7. The maximum Gasteiger partial charge on any atom is 0.240 e. The molecule has 6 bridgehead atoms. The number of pyridine rings is 1. The number of benzene rings is 2. The third kappa shape index (κ3) is 4.04. The standard InChI is InChI=1S/C31H30N6O3/c38-28(12-11-22-6-4-14-32-19-22)36-16-13-31-26-9-1-2-10-27(26)37(30(31)39)21-24-20-35(34-33-24)15-5-17-40-25-8-3-7-23(18-25)29(31)36/h1-4,6-10,14,18-20,29H,5,11-13,15-17,21H2/t29-,31-/m0/s1. The average Bonchev–Trinajstić information content (AvgIpc) is 3.67. The van der Waals surface area contributed by atoms with Gasteiger partial charge < -0.3 is 14.5 Å². The van der Waals surface area contributed by atoms with E-state index < -0.39 is 11.5 Å². The average molecular weight is 535 g/mol. The summed E-state index contributed by atoms with van der Waals surface area (Å²) in [5.74, 6) is 0.755. The van der Waals surface area contributed by atoms with Crippen molar-refractivity contribution in [3.05, 3.63) is 102 Å². The molecule has 3 aliphatic heterocycles. The Labute approximate surface area is 232 Å². The molecule has 2 aromatic carbocycles. The number of rotatable bonds is 3. The minimum absolute atomic E-state index is 0.00278. The molecule has 0 saturated carbocycles. The van der Waals surface area contributed by atoms with Crippen molar-refractivity contribution in [3.63, 3.8) is 0 Å². The molecule has 40 heavy (non-hydrogen) atoms. The van der Waals surface area contributed by atoms with Crippen LogP contribution in [0.15, 0.2) is 79.3 Å². The highest BCUT2D eigenvalue weighted by Crippen LogP contribution is 2.57. The highest BCUT2D eigenvalue weighted by Gasteiger charge is 2.61. The van der Waals surface area contributed by atoms with E-state index in [2.05, 4.69) is 15.3 Å². The lowest BCUT2D eigenvalue weighted by Gasteiger charge is -2.35. The van der Waals surface area contributed by atoms with Crippen molar-refractivity contribution in [2.24, 2.45) is 0 Å². The molecule has 2 amide bonds. The van der Waals surface area contributed by atoms with Gasteiger partial charge in [-0.05, 0) is 53.8 Å². The van der Waals surface area contributed by atoms with Gasteiger partial charge in [0.2, 0.25) is 11.8 Å². The molecule has 0 aliphatic carbocycles. The molecule has 9 nitrogen and oxygen atoms in total. The van der Waals surface area contributed by atoms with Crippen molar-refractivity contribution >= 4 is 17.5 Å². The van der Waals surface area contributed by atoms with E-state index in [0.717, 1.165) is 40.2 Å². The molecule has 2 atom stereocenters. The summed E-state index contributed by atoms with van der Waals surface area (Å²) in [5.41, 5.74) is 3.58. The molecule has 0 unspecified atom stereocenters. The van der Waals surface area contributed by atoms with Crippen LogP contribution < -0.4 is 9.64 Å². The van der Waals surface area contributed by atoms with Crippen LogP contribution in [-0.4, -0.2) is 49.8 Å². The quantitative estimate of drug-likeness (QED) is 0.397. The van der Waals surface area contributed by atoms with Crippen LogP contribution in [0.4, 0.5) is 5.69 Å². The predicted octanol–water partition coefficient (Wildman–Crippen LogP) is 3.85. The van der Waals surface area contributed by atoms with Gasteiger partial charge in [-0.25, -0.2) is 0 Å².